The van der Waals surface area contributed by atoms with E-state index in [1.54, 1.807) is 13.1 Å². The highest BCUT2D eigenvalue weighted by atomic mass is 32.2. The minimum atomic E-state index is -0.108. The minimum Gasteiger partial charge on any atom is -0.397 e. The van der Waals surface area contributed by atoms with Crippen LogP contribution in [0.1, 0.15) is 36.0 Å². The number of hydrogen-bond donors (Lipinski definition) is 3. The van der Waals surface area contributed by atoms with Gasteiger partial charge in [0.25, 0.3) is 5.91 Å². The zero-order valence-electron chi connectivity index (χ0n) is 12.1. The summed E-state index contributed by atoms with van der Waals surface area (Å²) in [5.74, 6) is -0.108. The molecule has 1 fully saturated rings. The first-order chi connectivity index (χ1) is 9.65. The van der Waals surface area contributed by atoms with E-state index in [0.29, 0.717) is 22.5 Å². The van der Waals surface area contributed by atoms with Crippen molar-refractivity contribution >= 4 is 29.0 Å². The van der Waals surface area contributed by atoms with Crippen LogP contribution in [0.4, 0.5) is 11.4 Å². The third-order valence-electron chi connectivity index (χ3n) is 3.89. The number of nitrogens with one attached hydrogen (secondary N) is 2. The molecule has 4 nitrogen and oxygen atoms in total. The highest BCUT2D eigenvalue weighted by Crippen LogP contribution is 2.31. The number of anilines is 2. The van der Waals surface area contributed by atoms with E-state index in [0.717, 1.165) is 5.69 Å². The SMILES string of the molecule is CNC(=O)c1ccc(NC2CCCCC2SC)c(N)c1. The topological polar surface area (TPSA) is 67.2 Å². The Hall–Kier alpha value is -1.36. The molecule has 0 aromatic heterocycles. The number of thioether (sulfide) groups is 1. The average molecular weight is 293 g/mol. The second kappa shape index (κ2) is 6.88. The van der Waals surface area contributed by atoms with Crippen LogP contribution in [0.15, 0.2) is 18.2 Å². The lowest BCUT2D eigenvalue weighted by atomic mass is 9.94. The molecule has 0 aliphatic heterocycles. The molecule has 0 saturated heterocycles. The van der Waals surface area contributed by atoms with Crippen LogP contribution in [0.25, 0.3) is 0 Å². The van der Waals surface area contributed by atoms with Gasteiger partial charge in [-0.2, -0.15) is 11.8 Å². The first kappa shape index (κ1) is 15.0. The van der Waals surface area contributed by atoms with E-state index in [4.69, 9.17) is 5.73 Å². The molecule has 1 saturated carbocycles. The average Bonchev–Trinajstić information content (AvgIpc) is 2.49. The van der Waals surface area contributed by atoms with E-state index in [1.165, 1.54) is 25.7 Å². The smallest absolute Gasteiger partial charge is 0.251 e. The highest BCUT2D eigenvalue weighted by Gasteiger charge is 2.24. The summed E-state index contributed by atoms with van der Waals surface area (Å²) in [6, 6.07) is 5.92. The zero-order valence-corrected chi connectivity index (χ0v) is 12.9. The minimum absolute atomic E-state index is 0.108. The molecule has 0 bridgehead atoms. The molecule has 2 atom stereocenters. The second-order valence-electron chi connectivity index (χ2n) is 5.19. The summed E-state index contributed by atoms with van der Waals surface area (Å²) in [4.78, 5) is 11.6. The van der Waals surface area contributed by atoms with Crippen LogP contribution in [0.2, 0.25) is 0 Å². The molecule has 1 aliphatic carbocycles. The number of amides is 1. The van der Waals surface area contributed by atoms with Crippen molar-refractivity contribution in [3.8, 4) is 0 Å². The summed E-state index contributed by atoms with van der Waals surface area (Å²) in [6.45, 7) is 0. The van der Waals surface area contributed by atoms with Crippen molar-refractivity contribution in [1.82, 2.24) is 5.32 Å². The molecular formula is C15H23N3OS. The predicted molar refractivity (Wildman–Crippen MR) is 87.4 cm³/mol. The maximum Gasteiger partial charge on any atom is 0.251 e. The van der Waals surface area contributed by atoms with Crippen LogP contribution in [-0.4, -0.2) is 30.5 Å². The number of nitrogens with two attached hydrogens (primary N) is 1. The summed E-state index contributed by atoms with van der Waals surface area (Å²) in [5, 5.41) is 6.80. The lowest BCUT2D eigenvalue weighted by Gasteiger charge is -2.32. The highest BCUT2D eigenvalue weighted by molar-refractivity contribution is 7.99. The maximum atomic E-state index is 11.6. The Bertz CT molecular complexity index is 478. The van der Waals surface area contributed by atoms with Gasteiger partial charge >= 0.3 is 0 Å². The van der Waals surface area contributed by atoms with E-state index < -0.39 is 0 Å². The van der Waals surface area contributed by atoms with E-state index in [1.807, 2.05) is 23.9 Å². The standard InChI is InChI=1S/C15H23N3OS/c1-17-15(19)10-7-8-12(11(16)9-10)18-13-5-3-4-6-14(13)20-2/h7-9,13-14,18H,3-6,16H2,1-2H3,(H,17,19). The number of hydrogen-bond acceptors (Lipinski definition) is 4. The Balaban J connectivity index is 2.11. The molecule has 2 unspecified atom stereocenters. The van der Waals surface area contributed by atoms with Gasteiger partial charge in [-0.15, -0.1) is 0 Å². The number of benzene rings is 1. The van der Waals surface area contributed by atoms with Gasteiger partial charge in [0.1, 0.15) is 0 Å². The molecule has 110 valence electrons. The Kier molecular flexibility index (Phi) is 5.17. The normalized spacial score (nSPS) is 22.3. The first-order valence-electron chi connectivity index (χ1n) is 7.06. The molecule has 0 spiro atoms. The summed E-state index contributed by atoms with van der Waals surface area (Å²) in [5.41, 5.74) is 8.24. The molecule has 1 aliphatic rings. The van der Waals surface area contributed by atoms with Gasteiger partial charge in [0.2, 0.25) is 0 Å². The molecule has 0 heterocycles. The van der Waals surface area contributed by atoms with Crippen molar-refractivity contribution in [3.63, 3.8) is 0 Å². The van der Waals surface area contributed by atoms with Gasteiger partial charge in [-0.3, -0.25) is 4.79 Å². The fourth-order valence-corrected chi connectivity index (χ4v) is 3.66. The van der Waals surface area contributed by atoms with Crippen LogP contribution < -0.4 is 16.4 Å². The maximum absolute atomic E-state index is 11.6. The number of carbonyl (C=O) groups is 1. The predicted octanol–water partition coefficient (Wildman–Crippen LogP) is 2.71. The third kappa shape index (κ3) is 3.39. The number of carbonyl (C=O) groups excluding carboxylic acids is 1. The van der Waals surface area contributed by atoms with Crippen LogP contribution in [0, 0.1) is 0 Å². The van der Waals surface area contributed by atoms with Gasteiger partial charge in [0.15, 0.2) is 0 Å². The second-order valence-corrected chi connectivity index (χ2v) is 6.27. The molecular weight excluding hydrogens is 270 g/mol. The van der Waals surface area contributed by atoms with E-state index in [2.05, 4.69) is 16.9 Å². The van der Waals surface area contributed by atoms with Gasteiger partial charge in [-0.1, -0.05) is 12.8 Å². The molecule has 2 rings (SSSR count). The molecule has 5 heteroatoms. The fourth-order valence-electron chi connectivity index (χ4n) is 2.72. The molecule has 1 amide bonds. The molecule has 0 radical (unpaired) electrons. The van der Waals surface area contributed by atoms with Crippen molar-refractivity contribution in [2.75, 3.05) is 24.4 Å². The van der Waals surface area contributed by atoms with Crippen LogP contribution in [0.5, 0.6) is 0 Å². The van der Waals surface area contributed by atoms with Crippen LogP contribution >= 0.6 is 11.8 Å². The number of rotatable bonds is 4. The van der Waals surface area contributed by atoms with Crippen molar-refractivity contribution in [2.45, 2.75) is 37.0 Å². The molecule has 1 aromatic carbocycles. The van der Waals surface area contributed by atoms with E-state index in [-0.39, 0.29) is 5.91 Å². The summed E-state index contributed by atoms with van der Waals surface area (Å²) < 4.78 is 0. The third-order valence-corrected chi connectivity index (χ3v) is 5.06. The Morgan fingerprint density at radius 3 is 2.75 bits per heavy atom. The van der Waals surface area contributed by atoms with Crippen LogP contribution in [0.3, 0.4) is 0 Å². The van der Waals surface area contributed by atoms with Gasteiger partial charge in [-0.25, -0.2) is 0 Å². The monoisotopic (exact) mass is 293 g/mol. The summed E-state index contributed by atoms with van der Waals surface area (Å²) in [7, 11) is 1.62. The van der Waals surface area contributed by atoms with Crippen molar-refractivity contribution < 1.29 is 4.79 Å². The lowest BCUT2D eigenvalue weighted by Crippen LogP contribution is -2.34. The van der Waals surface area contributed by atoms with E-state index in [9.17, 15) is 4.79 Å². The number of nitrogen functional groups attached to an aromatic ring is 1. The van der Waals surface area contributed by atoms with Gasteiger partial charge in [0, 0.05) is 23.9 Å². The lowest BCUT2D eigenvalue weighted by molar-refractivity contribution is 0.0963. The van der Waals surface area contributed by atoms with Gasteiger partial charge in [0.05, 0.1) is 11.4 Å². The van der Waals surface area contributed by atoms with Crippen LogP contribution in [-0.2, 0) is 0 Å². The van der Waals surface area contributed by atoms with Gasteiger partial charge < -0.3 is 16.4 Å². The molecule has 1 aromatic rings. The molecule has 4 N–H and O–H groups in total. The Labute approximate surface area is 124 Å². The van der Waals surface area contributed by atoms with Gasteiger partial charge in [-0.05, 0) is 37.3 Å². The summed E-state index contributed by atoms with van der Waals surface area (Å²) >= 11 is 1.92. The zero-order chi connectivity index (χ0) is 14.5. The fraction of sp³-hybridized carbons (Fsp3) is 0.533. The Morgan fingerprint density at radius 2 is 2.10 bits per heavy atom. The van der Waals surface area contributed by atoms with Crippen molar-refractivity contribution in [3.05, 3.63) is 23.8 Å². The Morgan fingerprint density at radius 1 is 1.35 bits per heavy atom. The van der Waals surface area contributed by atoms with Crippen molar-refractivity contribution in [1.29, 1.82) is 0 Å². The first-order valence-corrected chi connectivity index (χ1v) is 8.35. The quantitative estimate of drug-likeness (QED) is 0.747. The van der Waals surface area contributed by atoms with E-state index >= 15 is 0 Å². The van der Waals surface area contributed by atoms with Crippen molar-refractivity contribution in [2.24, 2.45) is 0 Å². The molecule has 20 heavy (non-hydrogen) atoms. The largest absolute Gasteiger partial charge is 0.397 e. The summed E-state index contributed by atoms with van der Waals surface area (Å²) in [6.07, 6.45) is 7.19.